The number of allylic oxidation sites excluding steroid dienone is 1. The van der Waals surface area contributed by atoms with Gasteiger partial charge in [-0.2, -0.15) is 0 Å². The van der Waals surface area contributed by atoms with Crippen molar-refractivity contribution < 1.29 is 61.6 Å². The fourth-order valence-electron chi connectivity index (χ4n) is 6.10. The summed E-state index contributed by atoms with van der Waals surface area (Å²) in [6.45, 7) is 0. The Bertz CT molecular complexity index is 1600. The van der Waals surface area contributed by atoms with Crippen molar-refractivity contribution in [1.29, 1.82) is 0 Å². The number of halogens is 6. The first kappa shape index (κ1) is 30.9. The number of fused-ring (bicyclic) bond motifs is 3. The van der Waals surface area contributed by atoms with Crippen LogP contribution in [0.5, 0.6) is 5.75 Å². The molecule has 224 valence electrons. The molecule has 1 fully saturated rings. The highest BCUT2D eigenvalue weighted by Crippen LogP contribution is 2.54. The third kappa shape index (κ3) is 4.14. The van der Waals surface area contributed by atoms with Crippen molar-refractivity contribution in [2.24, 2.45) is 23.5 Å². The largest absolute Gasteiger partial charge is 0.508 e. The fraction of sp³-hybridized carbons (Fsp3) is 0.308. The number of rotatable bonds is 3. The second-order valence-electron chi connectivity index (χ2n) is 10.1. The molecular weight excluding hydrogens is 599 g/mol. The molecule has 7 N–H and O–H groups in total. The van der Waals surface area contributed by atoms with E-state index in [0.717, 1.165) is 12.1 Å². The maximum Gasteiger partial charge on any atom is 0.261 e. The van der Waals surface area contributed by atoms with Crippen molar-refractivity contribution in [3.05, 3.63) is 69.2 Å². The second kappa shape index (κ2) is 10.3. The average Bonchev–Trinajstić information content (AvgIpc) is 2.89. The predicted molar refractivity (Wildman–Crippen MR) is 132 cm³/mol. The number of aliphatic hydroxyl groups is 3. The van der Waals surface area contributed by atoms with Crippen molar-refractivity contribution in [2.75, 3.05) is 5.32 Å². The molecule has 5 rings (SSSR count). The van der Waals surface area contributed by atoms with Gasteiger partial charge in [0.2, 0.25) is 11.7 Å². The number of nitrogens with one attached hydrogen (secondary N) is 1. The van der Waals surface area contributed by atoms with Gasteiger partial charge in [-0.3, -0.25) is 19.2 Å². The van der Waals surface area contributed by atoms with E-state index in [2.05, 4.69) is 0 Å². The second-order valence-corrected chi connectivity index (χ2v) is 10.1. The van der Waals surface area contributed by atoms with Crippen LogP contribution < -0.4 is 11.1 Å². The molecule has 3 aliphatic carbocycles. The van der Waals surface area contributed by atoms with Crippen LogP contribution in [0.1, 0.15) is 39.1 Å². The van der Waals surface area contributed by atoms with Crippen LogP contribution in [0.3, 0.4) is 0 Å². The highest BCUT2D eigenvalue weighted by molar-refractivity contribution is 6.16. The number of aromatic hydroxyl groups is 1. The Kier molecular flexibility index (Phi) is 7.59. The molecule has 5 atom stereocenters. The molecule has 0 heterocycles. The Balaban J connectivity index is 0.00000405. The van der Waals surface area contributed by atoms with E-state index in [9.17, 15) is 61.6 Å². The molecule has 2 aromatic rings. The lowest BCUT2D eigenvalue weighted by Gasteiger charge is -2.50. The number of phenolic OH excluding ortho intramolecular Hbond substituents is 1. The summed E-state index contributed by atoms with van der Waals surface area (Å²) in [5.74, 6) is -23.5. The third-order valence-corrected chi connectivity index (χ3v) is 7.95. The summed E-state index contributed by atoms with van der Waals surface area (Å²) >= 11 is 0. The number of ketones is 2. The van der Waals surface area contributed by atoms with Gasteiger partial charge in [0, 0.05) is 23.8 Å². The Morgan fingerprint density at radius 2 is 1.52 bits per heavy atom. The molecule has 0 radical (unpaired) electrons. The SMILES string of the molecule is Cl.NC(=O)C1C2Cc3ccc(NC(=O)c4c(F)c(F)c(F)c(F)c4F)c(O)c3C(=O)C2=C(O)C2(O)C(=O)CC(O)CC12. The van der Waals surface area contributed by atoms with Crippen molar-refractivity contribution in [3.63, 3.8) is 0 Å². The van der Waals surface area contributed by atoms with E-state index in [-0.39, 0.29) is 30.8 Å². The van der Waals surface area contributed by atoms with Crippen LogP contribution in [0.15, 0.2) is 23.5 Å². The van der Waals surface area contributed by atoms with E-state index in [0.29, 0.717) is 0 Å². The lowest BCUT2D eigenvalue weighted by molar-refractivity contribution is -0.163. The summed E-state index contributed by atoms with van der Waals surface area (Å²) in [7, 11) is 0. The molecule has 5 unspecified atom stereocenters. The van der Waals surface area contributed by atoms with Gasteiger partial charge in [-0.05, 0) is 24.5 Å². The lowest BCUT2D eigenvalue weighted by atomic mass is 9.55. The predicted octanol–water partition coefficient (Wildman–Crippen LogP) is 2.12. The van der Waals surface area contributed by atoms with E-state index >= 15 is 0 Å². The van der Waals surface area contributed by atoms with E-state index in [1.165, 1.54) is 0 Å². The summed E-state index contributed by atoms with van der Waals surface area (Å²) in [6, 6.07) is 2.10. The van der Waals surface area contributed by atoms with Crippen LogP contribution in [0.25, 0.3) is 0 Å². The Labute approximate surface area is 238 Å². The zero-order chi connectivity index (χ0) is 30.3. The minimum absolute atomic E-state index is 0. The summed E-state index contributed by atoms with van der Waals surface area (Å²) < 4.78 is 68.8. The number of nitrogens with two attached hydrogens (primary N) is 1. The average molecular weight is 619 g/mol. The topological polar surface area (TPSA) is 187 Å². The van der Waals surface area contributed by atoms with Gasteiger partial charge in [0.15, 0.2) is 46.2 Å². The summed E-state index contributed by atoms with van der Waals surface area (Å²) in [4.78, 5) is 51.4. The van der Waals surface area contributed by atoms with E-state index < -0.39 is 122 Å². The molecule has 0 spiro atoms. The van der Waals surface area contributed by atoms with Crippen molar-refractivity contribution in [3.8, 4) is 5.75 Å². The summed E-state index contributed by atoms with van der Waals surface area (Å²) in [6.07, 6.45) is -2.45. The number of primary amides is 1. The molecule has 3 aliphatic rings. The molecule has 16 heteroatoms. The van der Waals surface area contributed by atoms with Gasteiger partial charge in [0.1, 0.15) is 11.3 Å². The number of anilines is 1. The number of hydrogen-bond donors (Lipinski definition) is 6. The number of carbonyl (C=O) groups is 4. The van der Waals surface area contributed by atoms with E-state index in [4.69, 9.17) is 5.73 Å². The molecule has 0 aromatic heterocycles. The number of amides is 2. The van der Waals surface area contributed by atoms with Crippen LogP contribution in [0.2, 0.25) is 0 Å². The highest BCUT2D eigenvalue weighted by Gasteiger charge is 2.63. The van der Waals surface area contributed by atoms with Crippen molar-refractivity contribution in [2.45, 2.75) is 31.0 Å². The van der Waals surface area contributed by atoms with Gasteiger partial charge in [-0.1, -0.05) is 6.07 Å². The molecule has 1 saturated carbocycles. The van der Waals surface area contributed by atoms with Gasteiger partial charge in [-0.25, -0.2) is 22.0 Å². The minimum atomic E-state index is -2.76. The van der Waals surface area contributed by atoms with Crippen LogP contribution >= 0.6 is 12.4 Å². The van der Waals surface area contributed by atoms with Gasteiger partial charge in [-0.15, -0.1) is 12.4 Å². The first-order valence-electron chi connectivity index (χ1n) is 12.0. The number of Topliss-reactive ketones (excluding diaryl/α,β-unsaturated/α-hetero) is 2. The molecule has 0 aliphatic heterocycles. The number of benzene rings is 2. The molecule has 0 saturated heterocycles. The Hall–Kier alpha value is -4.08. The third-order valence-electron chi connectivity index (χ3n) is 7.95. The smallest absolute Gasteiger partial charge is 0.261 e. The van der Waals surface area contributed by atoms with Crippen LogP contribution in [-0.2, 0) is 16.0 Å². The molecule has 10 nitrogen and oxygen atoms in total. The number of hydrogen-bond acceptors (Lipinski definition) is 8. The van der Waals surface area contributed by atoms with Gasteiger partial charge in [0.05, 0.1) is 23.3 Å². The first-order valence-corrected chi connectivity index (χ1v) is 12.0. The van der Waals surface area contributed by atoms with Gasteiger partial charge < -0.3 is 31.5 Å². The summed E-state index contributed by atoms with van der Waals surface area (Å²) in [5, 5.41) is 45.0. The van der Waals surface area contributed by atoms with E-state index in [1.54, 1.807) is 5.32 Å². The van der Waals surface area contributed by atoms with E-state index in [1.807, 2.05) is 0 Å². The quantitative estimate of drug-likeness (QED) is 0.131. The minimum Gasteiger partial charge on any atom is -0.508 e. The fourth-order valence-corrected chi connectivity index (χ4v) is 6.10. The zero-order valence-electron chi connectivity index (χ0n) is 20.9. The first-order chi connectivity index (χ1) is 19.1. The number of carbonyl (C=O) groups excluding carboxylic acids is 4. The lowest BCUT2D eigenvalue weighted by Crippen LogP contribution is -2.63. The molecule has 2 amide bonds. The molecule has 2 aromatic carbocycles. The van der Waals surface area contributed by atoms with Crippen molar-refractivity contribution in [1.82, 2.24) is 0 Å². The van der Waals surface area contributed by atoms with Crippen LogP contribution in [-0.4, -0.2) is 55.5 Å². The monoisotopic (exact) mass is 618 g/mol. The Morgan fingerprint density at radius 1 is 0.952 bits per heavy atom. The normalized spacial score (nSPS) is 26.5. The Morgan fingerprint density at radius 3 is 2.10 bits per heavy atom. The van der Waals surface area contributed by atoms with Crippen molar-refractivity contribution >= 4 is 41.5 Å². The van der Waals surface area contributed by atoms with Crippen LogP contribution in [0.4, 0.5) is 27.6 Å². The summed E-state index contributed by atoms with van der Waals surface area (Å²) in [5.41, 5.74) is -0.978. The molecule has 0 bridgehead atoms. The number of phenols is 1. The maximum absolute atomic E-state index is 14.1. The number of aliphatic hydroxyl groups excluding tert-OH is 2. The standard InChI is InChI=1S/C26H19F5N2O8.ClH/c27-16-15(17(28)19(30)20(31)18(16)29)25(40)33-10-2-1-6-3-8-13(24(32)39)9-4-7(34)5-11(35)26(9,41)23(38)14(8)22(37)12(6)21(10)36;/h1-2,7-9,13,34,36,38,41H,3-5H2,(H2,32,39)(H,33,40);1H. The van der Waals surface area contributed by atoms with Crippen LogP contribution in [0, 0.1) is 46.8 Å². The zero-order valence-corrected chi connectivity index (χ0v) is 21.7. The van der Waals surface area contributed by atoms with Gasteiger partial charge in [0.25, 0.3) is 5.91 Å². The maximum atomic E-state index is 14.1. The van der Waals surface area contributed by atoms with Gasteiger partial charge >= 0.3 is 0 Å². The highest BCUT2D eigenvalue weighted by atomic mass is 35.5. The molecular formula is C26H20ClF5N2O8. The molecule has 42 heavy (non-hydrogen) atoms.